The molecule has 1 aromatic heterocycles. The van der Waals surface area contributed by atoms with Crippen molar-refractivity contribution in [3.63, 3.8) is 0 Å². The molecule has 4 rings (SSSR count). The number of aliphatic hydroxyl groups is 1. The van der Waals surface area contributed by atoms with E-state index < -0.39 is 6.23 Å². The number of rotatable bonds is 4. The van der Waals surface area contributed by atoms with Crippen molar-refractivity contribution < 1.29 is 14.6 Å². The Morgan fingerprint density at radius 3 is 2.81 bits per heavy atom. The smallest absolute Gasteiger partial charge is 0.255 e. The Kier molecular flexibility index (Phi) is 4.57. The Balaban J connectivity index is 1.70. The summed E-state index contributed by atoms with van der Waals surface area (Å²) >= 11 is 0. The zero-order valence-corrected chi connectivity index (χ0v) is 15.6. The van der Waals surface area contributed by atoms with E-state index in [0.717, 1.165) is 42.2 Å². The topological polar surface area (TPSA) is 86.8 Å². The van der Waals surface area contributed by atoms with E-state index >= 15 is 0 Å². The first-order chi connectivity index (χ1) is 12.9. The van der Waals surface area contributed by atoms with E-state index in [1.807, 2.05) is 12.1 Å². The SMILES string of the molecule is CC1(C)Cc2cc(NC(O)c3ccc[nH]c3=O)c(N3CCOCC3)cc2O1. The van der Waals surface area contributed by atoms with Crippen LogP contribution >= 0.6 is 0 Å². The highest BCUT2D eigenvalue weighted by Gasteiger charge is 2.32. The van der Waals surface area contributed by atoms with Gasteiger partial charge in [-0.2, -0.15) is 0 Å². The Morgan fingerprint density at radius 1 is 1.30 bits per heavy atom. The lowest BCUT2D eigenvalue weighted by atomic mass is 10.0. The quantitative estimate of drug-likeness (QED) is 0.713. The standard InChI is InChI=1S/C20H25N3O4/c1-20(2)12-13-10-15(22-19(25)14-4-3-5-21-18(14)24)16(11-17(13)27-20)23-6-8-26-9-7-23/h3-5,10-11,19,22,25H,6-9,12H2,1-2H3,(H,21,24). The number of aromatic amines is 1. The van der Waals surface area contributed by atoms with Gasteiger partial charge in [-0.15, -0.1) is 0 Å². The predicted molar refractivity (Wildman–Crippen MR) is 104 cm³/mol. The number of aromatic nitrogens is 1. The van der Waals surface area contributed by atoms with Crippen LogP contribution < -0.4 is 20.5 Å². The van der Waals surface area contributed by atoms with E-state index in [1.54, 1.807) is 18.3 Å². The molecule has 2 aliphatic heterocycles. The van der Waals surface area contributed by atoms with Crippen LogP contribution in [0.4, 0.5) is 11.4 Å². The molecule has 2 aromatic rings. The number of anilines is 2. The minimum absolute atomic E-state index is 0.252. The third-order valence-corrected chi connectivity index (χ3v) is 4.97. The molecule has 1 atom stereocenters. The summed E-state index contributed by atoms with van der Waals surface area (Å²) < 4.78 is 11.6. The molecule has 1 fully saturated rings. The van der Waals surface area contributed by atoms with Gasteiger partial charge in [0.15, 0.2) is 6.23 Å². The fourth-order valence-corrected chi connectivity index (χ4v) is 3.70. The van der Waals surface area contributed by atoms with E-state index in [0.29, 0.717) is 13.2 Å². The number of hydrogen-bond acceptors (Lipinski definition) is 6. The Hall–Kier alpha value is -2.51. The first-order valence-electron chi connectivity index (χ1n) is 9.24. The van der Waals surface area contributed by atoms with Crippen molar-refractivity contribution >= 4 is 11.4 Å². The average molecular weight is 371 g/mol. The summed E-state index contributed by atoms with van der Waals surface area (Å²) in [5.74, 6) is 0.874. The van der Waals surface area contributed by atoms with Crippen LogP contribution in [0, 0.1) is 0 Å². The molecule has 7 nitrogen and oxygen atoms in total. The summed E-state index contributed by atoms with van der Waals surface area (Å²) in [5.41, 5.74) is 2.54. The molecule has 0 spiro atoms. The van der Waals surface area contributed by atoms with E-state index in [1.165, 1.54) is 0 Å². The van der Waals surface area contributed by atoms with Crippen molar-refractivity contribution in [2.24, 2.45) is 0 Å². The van der Waals surface area contributed by atoms with Gasteiger partial charge in [-0.3, -0.25) is 4.79 Å². The second-order valence-corrected chi connectivity index (χ2v) is 7.62. The van der Waals surface area contributed by atoms with Gasteiger partial charge in [-0.1, -0.05) is 0 Å². The van der Waals surface area contributed by atoms with Gasteiger partial charge in [0, 0.05) is 37.3 Å². The molecule has 0 amide bonds. The van der Waals surface area contributed by atoms with Crippen molar-refractivity contribution in [3.05, 3.63) is 51.9 Å². The molecule has 1 unspecified atom stereocenters. The number of nitrogens with one attached hydrogen (secondary N) is 2. The second-order valence-electron chi connectivity index (χ2n) is 7.62. The van der Waals surface area contributed by atoms with Crippen LogP contribution in [-0.4, -0.2) is 42.0 Å². The molecule has 3 N–H and O–H groups in total. The minimum atomic E-state index is -1.11. The summed E-state index contributed by atoms with van der Waals surface area (Å²) in [6.45, 7) is 6.96. The van der Waals surface area contributed by atoms with Crippen LogP contribution in [-0.2, 0) is 11.2 Å². The van der Waals surface area contributed by atoms with Crippen molar-refractivity contribution in [1.29, 1.82) is 0 Å². The maximum absolute atomic E-state index is 12.0. The van der Waals surface area contributed by atoms with E-state index in [2.05, 4.69) is 29.0 Å². The summed E-state index contributed by atoms with van der Waals surface area (Å²) in [4.78, 5) is 16.8. The van der Waals surface area contributed by atoms with Gasteiger partial charge in [0.1, 0.15) is 11.4 Å². The number of H-pyrrole nitrogens is 1. The van der Waals surface area contributed by atoms with E-state index in [4.69, 9.17) is 9.47 Å². The average Bonchev–Trinajstić information content (AvgIpc) is 2.95. The highest BCUT2D eigenvalue weighted by atomic mass is 16.5. The van der Waals surface area contributed by atoms with Gasteiger partial charge < -0.3 is 29.8 Å². The third kappa shape index (κ3) is 3.65. The Bertz CT molecular complexity index is 887. The molecule has 0 aliphatic carbocycles. The maximum Gasteiger partial charge on any atom is 0.255 e. The number of nitrogens with zero attached hydrogens (tertiary/aromatic N) is 1. The lowest BCUT2D eigenvalue weighted by Crippen LogP contribution is -2.36. The molecule has 2 aliphatic rings. The predicted octanol–water partition coefficient (Wildman–Crippen LogP) is 2.03. The zero-order chi connectivity index (χ0) is 19.0. The molecule has 0 radical (unpaired) electrons. The van der Waals surface area contributed by atoms with Crippen LogP contribution in [0.2, 0.25) is 0 Å². The fraction of sp³-hybridized carbons (Fsp3) is 0.450. The number of hydrogen-bond donors (Lipinski definition) is 3. The van der Waals surface area contributed by atoms with E-state index in [-0.39, 0.29) is 16.7 Å². The molecular formula is C20H25N3O4. The van der Waals surface area contributed by atoms with Crippen LogP contribution in [0.5, 0.6) is 5.75 Å². The molecule has 7 heteroatoms. The lowest BCUT2D eigenvalue weighted by molar-refractivity contribution is 0.122. The Labute approximate surface area is 157 Å². The molecule has 0 bridgehead atoms. The zero-order valence-electron chi connectivity index (χ0n) is 15.6. The highest BCUT2D eigenvalue weighted by molar-refractivity contribution is 5.75. The molecule has 1 aromatic carbocycles. The molecular weight excluding hydrogens is 346 g/mol. The highest BCUT2D eigenvalue weighted by Crippen LogP contribution is 2.42. The number of benzene rings is 1. The first kappa shape index (κ1) is 17.9. The fourth-order valence-electron chi connectivity index (χ4n) is 3.70. The van der Waals surface area contributed by atoms with Crippen molar-refractivity contribution in [2.45, 2.75) is 32.1 Å². The lowest BCUT2D eigenvalue weighted by Gasteiger charge is -2.31. The molecule has 1 saturated heterocycles. The number of pyridine rings is 1. The molecule has 3 heterocycles. The maximum atomic E-state index is 12.0. The van der Waals surface area contributed by atoms with Crippen LogP contribution in [0.15, 0.2) is 35.3 Å². The van der Waals surface area contributed by atoms with Gasteiger partial charge in [0.25, 0.3) is 5.56 Å². The van der Waals surface area contributed by atoms with E-state index in [9.17, 15) is 9.90 Å². The van der Waals surface area contributed by atoms with Crippen LogP contribution in [0.25, 0.3) is 0 Å². The number of fused-ring (bicyclic) bond motifs is 1. The van der Waals surface area contributed by atoms with Crippen molar-refractivity contribution in [2.75, 3.05) is 36.5 Å². The number of ether oxygens (including phenoxy) is 2. The Morgan fingerprint density at radius 2 is 2.07 bits per heavy atom. The summed E-state index contributed by atoms with van der Waals surface area (Å²) in [6, 6.07) is 7.36. The van der Waals surface area contributed by atoms with Crippen LogP contribution in [0.1, 0.15) is 31.2 Å². The summed E-state index contributed by atoms with van der Waals surface area (Å²) in [7, 11) is 0. The number of aliphatic hydroxyl groups excluding tert-OH is 1. The molecule has 0 saturated carbocycles. The van der Waals surface area contributed by atoms with Gasteiger partial charge in [-0.25, -0.2) is 0 Å². The summed E-state index contributed by atoms with van der Waals surface area (Å²) in [6.07, 6.45) is 1.23. The van der Waals surface area contributed by atoms with Crippen molar-refractivity contribution in [1.82, 2.24) is 4.98 Å². The monoisotopic (exact) mass is 371 g/mol. The largest absolute Gasteiger partial charge is 0.487 e. The second kappa shape index (κ2) is 6.90. The van der Waals surface area contributed by atoms with Crippen molar-refractivity contribution in [3.8, 4) is 5.75 Å². The van der Waals surface area contributed by atoms with Crippen LogP contribution in [0.3, 0.4) is 0 Å². The van der Waals surface area contributed by atoms with Gasteiger partial charge in [-0.05, 0) is 32.0 Å². The molecule has 27 heavy (non-hydrogen) atoms. The van der Waals surface area contributed by atoms with Gasteiger partial charge in [0.05, 0.1) is 30.2 Å². The van der Waals surface area contributed by atoms with Gasteiger partial charge >= 0.3 is 0 Å². The summed E-state index contributed by atoms with van der Waals surface area (Å²) in [5, 5.41) is 13.7. The number of morpholine rings is 1. The van der Waals surface area contributed by atoms with Gasteiger partial charge in [0.2, 0.25) is 0 Å². The molecule has 144 valence electrons. The normalized spacial score (nSPS) is 19.3. The third-order valence-electron chi connectivity index (χ3n) is 4.97. The minimum Gasteiger partial charge on any atom is -0.487 e. The first-order valence-corrected chi connectivity index (χ1v) is 9.24.